The molecule has 0 atom stereocenters. The molecule has 20 heteroatoms. The number of hydrogen-bond donors (Lipinski definition) is 2. The number of carbonyl (C=O) groups excluding carboxylic acids is 2. The van der Waals surface area contributed by atoms with Crippen LogP contribution in [0.3, 0.4) is 0 Å². The summed E-state index contributed by atoms with van der Waals surface area (Å²) in [6, 6.07) is 11.6. The molecule has 6 rings (SSSR count). The highest BCUT2D eigenvalue weighted by molar-refractivity contribution is 5.90. The van der Waals surface area contributed by atoms with Crippen LogP contribution >= 0.6 is 0 Å². The van der Waals surface area contributed by atoms with Gasteiger partial charge in [-0.25, -0.2) is 0 Å². The fourth-order valence-electron chi connectivity index (χ4n) is 5.33. The third-order valence-electron chi connectivity index (χ3n) is 7.94. The van der Waals surface area contributed by atoms with Gasteiger partial charge in [-0.05, 0) is 49.9 Å². The molecule has 2 aromatic heterocycles. The zero-order valence-electron chi connectivity index (χ0n) is 27.9. The van der Waals surface area contributed by atoms with Crippen LogP contribution in [0.25, 0.3) is 21.8 Å². The van der Waals surface area contributed by atoms with Crippen LogP contribution in [0.15, 0.2) is 60.9 Å². The van der Waals surface area contributed by atoms with Gasteiger partial charge < -0.3 is 30.4 Å². The fraction of sp³-hybridized carbons (Fsp3) is 0.412. The number of nitrogens with zero attached hydrogens (tertiary/aromatic N) is 2. The second-order valence-electron chi connectivity index (χ2n) is 11.9. The minimum absolute atomic E-state index is 0.522. The number of carbonyl (C=O) groups is 2. The van der Waals surface area contributed by atoms with Gasteiger partial charge in [0.25, 0.3) is 0 Å². The molecule has 2 N–H and O–H groups in total. The van der Waals surface area contributed by atoms with Crippen molar-refractivity contribution in [1.29, 1.82) is 0 Å². The van der Waals surface area contributed by atoms with Crippen LogP contribution in [0.5, 0.6) is 0 Å². The van der Waals surface area contributed by atoms with Crippen LogP contribution in [0.2, 0.25) is 0 Å². The van der Waals surface area contributed by atoms with Gasteiger partial charge in [0.2, 0.25) is 11.0 Å². The van der Waals surface area contributed by atoms with Crippen molar-refractivity contribution in [3.8, 4) is 0 Å². The van der Waals surface area contributed by atoms with Crippen molar-refractivity contribution in [2.24, 2.45) is 0 Å². The first-order chi connectivity index (χ1) is 25.0. The monoisotopic (exact) mass is 788 g/mol. The summed E-state index contributed by atoms with van der Waals surface area (Å²) in [5.41, 5.74) is 1.31. The van der Waals surface area contributed by atoms with E-state index in [1.165, 1.54) is 24.3 Å². The van der Waals surface area contributed by atoms with Crippen molar-refractivity contribution in [2.75, 3.05) is 23.7 Å². The van der Waals surface area contributed by atoms with Crippen LogP contribution in [0.4, 0.5) is 64.1 Å². The van der Waals surface area contributed by atoms with Gasteiger partial charge in [-0.2, -0.15) is 61.8 Å². The molecule has 0 aliphatic carbocycles. The van der Waals surface area contributed by atoms with E-state index in [-0.39, 0.29) is 0 Å². The number of alkyl halides is 12. The molecular formula is C34H32F12N4O4. The molecule has 54 heavy (non-hydrogen) atoms. The third-order valence-corrected chi connectivity index (χ3v) is 7.94. The van der Waals surface area contributed by atoms with Crippen LogP contribution in [0.1, 0.15) is 49.7 Å². The maximum absolute atomic E-state index is 13.5. The van der Waals surface area contributed by atoms with Gasteiger partial charge in [0, 0.05) is 50.2 Å². The van der Waals surface area contributed by atoms with E-state index in [9.17, 15) is 52.7 Å². The fourth-order valence-corrected chi connectivity index (χ4v) is 5.33. The first-order valence-corrected chi connectivity index (χ1v) is 16.1. The Morgan fingerprint density at radius 2 is 0.852 bits per heavy atom. The number of pyridine rings is 2. The Morgan fingerprint density at radius 3 is 1.17 bits per heavy atom. The molecule has 4 heterocycles. The van der Waals surface area contributed by atoms with E-state index < -0.39 is 47.8 Å². The summed E-state index contributed by atoms with van der Waals surface area (Å²) in [6.45, 7) is 2.42. The van der Waals surface area contributed by atoms with Crippen molar-refractivity contribution in [3.05, 3.63) is 72.1 Å². The number of benzene rings is 2. The van der Waals surface area contributed by atoms with E-state index in [0.717, 1.165) is 60.0 Å². The van der Waals surface area contributed by atoms with E-state index in [1.807, 2.05) is 33.7 Å². The molecule has 0 amide bonds. The molecule has 296 valence electrons. The molecule has 0 unspecified atom stereocenters. The summed E-state index contributed by atoms with van der Waals surface area (Å²) in [5.74, 6) is -6.01. The summed E-state index contributed by atoms with van der Waals surface area (Å²) in [5, 5.41) is 25.8. The lowest BCUT2D eigenvalue weighted by molar-refractivity contribution is -0.675. The van der Waals surface area contributed by atoms with Crippen molar-refractivity contribution >= 4 is 45.1 Å². The predicted octanol–water partition coefficient (Wildman–Crippen LogP) is 6.08. The van der Waals surface area contributed by atoms with Crippen LogP contribution in [0, 0.1) is 0 Å². The lowest BCUT2D eigenvalue weighted by Gasteiger charge is -2.13. The normalized spacial score (nSPS) is 14.9. The highest BCUT2D eigenvalue weighted by Crippen LogP contribution is 2.34. The smallest absolute Gasteiger partial charge is 0.430 e. The van der Waals surface area contributed by atoms with Crippen LogP contribution in [-0.4, -0.2) is 37.4 Å². The number of fused-ring (bicyclic) bond motifs is 12. The lowest BCUT2D eigenvalue weighted by atomic mass is 10.1. The van der Waals surface area contributed by atoms with Crippen LogP contribution < -0.4 is 30.0 Å². The predicted molar refractivity (Wildman–Crippen MR) is 165 cm³/mol. The first kappa shape index (κ1) is 43.4. The standard InChI is InChI=1S/C30H30F6N4.2C2HF3O2/c31-29(32,33)21-7-9-23-25-11-17-39(27(23)19-21)15-5-2-6-16-40-18-12-26(38-14-4-1-3-13-37-25)24-10-8-22(20-28(24)40)30(34,35)36;2*3-2(4,5)1(6)7/h7-12,17-20H,1-6,13-16H2;2*(H,6,7). The Hall–Kier alpha value is -5.04. The van der Waals surface area contributed by atoms with E-state index >= 15 is 0 Å². The summed E-state index contributed by atoms with van der Waals surface area (Å²) in [7, 11) is 0. The summed E-state index contributed by atoms with van der Waals surface area (Å²) in [6.07, 6.45) is -10.8. The summed E-state index contributed by atoms with van der Waals surface area (Å²) < 4.78 is 148. The number of aromatic nitrogens is 2. The second-order valence-corrected chi connectivity index (χ2v) is 11.9. The van der Waals surface area contributed by atoms with E-state index in [4.69, 9.17) is 19.8 Å². The Kier molecular flexibility index (Phi) is 14.3. The number of aryl methyl sites for hydroxylation is 2. The van der Waals surface area contributed by atoms with Crippen molar-refractivity contribution in [2.45, 2.75) is 76.3 Å². The SMILES string of the molecule is FC(F)(F)c1ccc2c3cc[n+](c2c1)CCCCC[n+]1ccc(c2ccc(C(F)(F)F)cc21)NCCCCCN3.O=C([O-])C(F)(F)F.O=C([O-])C(F)(F)F. The first-order valence-electron chi connectivity index (χ1n) is 16.1. The maximum Gasteiger partial charge on any atom is 0.430 e. The van der Waals surface area contributed by atoms with Gasteiger partial charge in [-0.15, -0.1) is 0 Å². The van der Waals surface area contributed by atoms with Gasteiger partial charge in [0.15, 0.2) is 12.4 Å². The average molecular weight is 789 g/mol. The van der Waals surface area contributed by atoms with Crippen molar-refractivity contribution < 1.29 is 81.6 Å². The van der Waals surface area contributed by atoms with Crippen molar-refractivity contribution in [1.82, 2.24) is 0 Å². The Labute approximate surface area is 299 Å². The zero-order valence-corrected chi connectivity index (χ0v) is 27.9. The number of halogens is 12. The highest BCUT2D eigenvalue weighted by Gasteiger charge is 2.33. The van der Waals surface area contributed by atoms with E-state index in [1.54, 1.807) is 0 Å². The molecule has 0 fully saturated rings. The number of aliphatic carboxylic acids is 2. The minimum Gasteiger partial charge on any atom is -0.542 e. The molecule has 2 aromatic carbocycles. The molecule has 4 aromatic rings. The molecule has 4 bridgehead atoms. The van der Waals surface area contributed by atoms with Crippen molar-refractivity contribution in [3.63, 3.8) is 0 Å². The largest absolute Gasteiger partial charge is 0.542 e. The van der Waals surface area contributed by atoms with Gasteiger partial charge >= 0.3 is 24.7 Å². The molecule has 2 aliphatic heterocycles. The quantitative estimate of drug-likeness (QED) is 0.165. The molecule has 0 saturated heterocycles. The number of nitrogens with one attached hydrogen (secondary N) is 2. The summed E-state index contributed by atoms with van der Waals surface area (Å²) >= 11 is 0. The molecule has 2 aliphatic rings. The Bertz CT molecular complexity index is 1770. The molecule has 8 nitrogen and oxygen atoms in total. The van der Waals surface area contributed by atoms with E-state index in [2.05, 4.69) is 10.6 Å². The second kappa shape index (κ2) is 17.9. The van der Waals surface area contributed by atoms with Gasteiger partial charge in [0.05, 0.1) is 33.3 Å². The number of anilines is 2. The number of hydrogen-bond acceptors (Lipinski definition) is 6. The van der Waals surface area contributed by atoms with E-state index in [0.29, 0.717) is 50.1 Å². The molecule has 0 spiro atoms. The zero-order chi connectivity index (χ0) is 40.5. The number of carboxylic acids is 2. The Morgan fingerprint density at radius 1 is 0.519 bits per heavy atom. The third kappa shape index (κ3) is 12.5. The number of carboxylic acid groups (broad SMARTS) is 2. The average Bonchev–Trinajstić information content (AvgIpc) is 3.06. The molecule has 0 radical (unpaired) electrons. The minimum atomic E-state index is -5.19. The maximum atomic E-state index is 13.5. The number of rotatable bonds is 0. The van der Waals surface area contributed by atoms with Gasteiger partial charge in [-0.1, -0.05) is 0 Å². The Balaban J connectivity index is 0.000000476. The topological polar surface area (TPSA) is 112 Å². The van der Waals surface area contributed by atoms with Gasteiger partial charge in [0.1, 0.15) is 25.0 Å². The molecule has 0 saturated carbocycles. The summed E-state index contributed by atoms with van der Waals surface area (Å²) in [4.78, 5) is 17.6. The molecular weight excluding hydrogens is 756 g/mol. The highest BCUT2D eigenvalue weighted by atomic mass is 19.4. The van der Waals surface area contributed by atoms with Crippen LogP contribution in [-0.2, 0) is 35.0 Å². The van der Waals surface area contributed by atoms with Gasteiger partial charge in [-0.3, -0.25) is 0 Å². The lowest BCUT2D eigenvalue weighted by Crippen LogP contribution is -2.37.